The van der Waals surface area contributed by atoms with Crippen molar-refractivity contribution in [1.82, 2.24) is 9.97 Å². The number of aromatic amines is 1. The van der Waals surface area contributed by atoms with Gasteiger partial charge in [-0.3, -0.25) is 0 Å². The summed E-state index contributed by atoms with van der Waals surface area (Å²) in [4.78, 5) is 8.19. The van der Waals surface area contributed by atoms with Gasteiger partial charge in [-0.05, 0) is 104 Å². The molecule has 0 aliphatic heterocycles. The molecule has 4 aliphatic rings. The third kappa shape index (κ3) is 4.34. The molecule has 0 bridgehead atoms. The molecule has 1 aromatic heterocycles. The van der Waals surface area contributed by atoms with Crippen molar-refractivity contribution in [3.05, 3.63) is 29.9 Å². The fourth-order valence-corrected chi connectivity index (χ4v) is 10.5. The Hall–Kier alpha value is -1.09. The first kappa shape index (κ1) is 26.5. The highest BCUT2D eigenvalue weighted by atomic mass is 16.3. The van der Waals surface area contributed by atoms with Crippen LogP contribution in [0.2, 0.25) is 0 Å². The second-order valence-corrected chi connectivity index (χ2v) is 14.3. The van der Waals surface area contributed by atoms with Crippen LogP contribution >= 0.6 is 0 Å². The molecule has 0 amide bonds. The summed E-state index contributed by atoms with van der Waals surface area (Å²) in [5.74, 6) is 7.05. The number of aliphatic hydroxyl groups is 1. The number of rotatable bonds is 8. The number of nitrogens with one attached hydrogen (secondary N) is 1. The van der Waals surface area contributed by atoms with Crippen LogP contribution in [-0.4, -0.2) is 21.2 Å². The van der Waals surface area contributed by atoms with Gasteiger partial charge in [0.05, 0.1) is 6.10 Å². The van der Waals surface area contributed by atoms with Gasteiger partial charge in [-0.2, -0.15) is 0 Å². The van der Waals surface area contributed by atoms with Gasteiger partial charge < -0.3 is 10.1 Å². The van der Waals surface area contributed by atoms with E-state index in [0.29, 0.717) is 17.3 Å². The highest BCUT2D eigenvalue weighted by Crippen LogP contribution is 2.69. The van der Waals surface area contributed by atoms with Gasteiger partial charge in [0.15, 0.2) is 0 Å². The number of allylic oxidation sites excluding steroid dienone is 1. The Labute approximate surface area is 221 Å². The average Bonchev–Trinajstić information content (AvgIpc) is 3.48. The molecule has 202 valence electrons. The van der Waals surface area contributed by atoms with Crippen LogP contribution in [-0.2, 0) is 0 Å². The summed E-state index contributed by atoms with van der Waals surface area (Å²) in [6, 6.07) is 0. The van der Waals surface area contributed by atoms with Gasteiger partial charge in [0.25, 0.3) is 0 Å². The Balaban J connectivity index is 1.41. The van der Waals surface area contributed by atoms with Crippen molar-refractivity contribution < 1.29 is 5.11 Å². The zero-order valence-corrected chi connectivity index (χ0v) is 24.1. The molecule has 3 nitrogen and oxygen atoms in total. The maximum absolute atomic E-state index is 11.0. The summed E-state index contributed by atoms with van der Waals surface area (Å²) < 4.78 is 0. The van der Waals surface area contributed by atoms with Crippen LogP contribution in [0.4, 0.5) is 0 Å². The van der Waals surface area contributed by atoms with Crippen molar-refractivity contribution in [2.75, 3.05) is 0 Å². The molecule has 0 aromatic carbocycles. The molecule has 0 saturated heterocycles. The normalized spacial score (nSPS) is 41.8. The predicted octanol–water partition coefficient (Wildman–Crippen LogP) is 8.53. The van der Waals surface area contributed by atoms with Gasteiger partial charge in [0.2, 0.25) is 0 Å². The Bertz CT molecular complexity index is 905. The van der Waals surface area contributed by atoms with Gasteiger partial charge in [0.1, 0.15) is 5.82 Å². The molecule has 5 rings (SSSR count). The molecule has 2 unspecified atom stereocenters. The number of hydrogen-bond acceptors (Lipinski definition) is 2. The zero-order valence-electron chi connectivity index (χ0n) is 24.1. The molecular formula is C33H54N2O. The third-order valence-electron chi connectivity index (χ3n) is 12.3. The largest absolute Gasteiger partial charge is 0.393 e. The molecule has 36 heavy (non-hydrogen) atoms. The first-order valence-electron chi connectivity index (χ1n) is 15.6. The zero-order chi connectivity index (χ0) is 25.7. The van der Waals surface area contributed by atoms with E-state index < -0.39 is 0 Å². The number of nitrogens with zero attached hydrogens (tertiary/aromatic N) is 1. The fraction of sp³-hybridized carbons (Fsp3) is 0.848. The molecule has 2 N–H and O–H groups in total. The van der Waals surface area contributed by atoms with Gasteiger partial charge in [-0.15, -0.1) is 0 Å². The minimum atomic E-state index is -0.203. The average molecular weight is 495 g/mol. The minimum absolute atomic E-state index is 0.192. The lowest BCUT2D eigenvalue weighted by atomic mass is 9.43. The lowest BCUT2D eigenvalue weighted by Gasteiger charge is -2.61. The van der Waals surface area contributed by atoms with Gasteiger partial charge in [-0.25, -0.2) is 4.98 Å². The van der Waals surface area contributed by atoms with Crippen LogP contribution in [0.3, 0.4) is 0 Å². The van der Waals surface area contributed by atoms with Crippen LogP contribution < -0.4 is 0 Å². The second-order valence-electron chi connectivity index (χ2n) is 14.3. The molecule has 10 atom stereocenters. The van der Waals surface area contributed by atoms with E-state index in [1.165, 1.54) is 51.4 Å². The topological polar surface area (TPSA) is 48.9 Å². The quantitative estimate of drug-likeness (QED) is 0.356. The highest BCUT2D eigenvalue weighted by Gasteiger charge is 2.61. The van der Waals surface area contributed by atoms with Gasteiger partial charge in [-0.1, -0.05) is 72.5 Å². The molecule has 3 fully saturated rings. The smallest absolute Gasteiger partial charge is 0.109 e. The number of hydrogen-bond donors (Lipinski definition) is 2. The lowest BCUT2D eigenvalue weighted by Crippen LogP contribution is -2.55. The number of H-pyrrole nitrogens is 1. The molecule has 1 aromatic rings. The fourth-order valence-electron chi connectivity index (χ4n) is 10.5. The molecular weight excluding hydrogens is 440 g/mol. The van der Waals surface area contributed by atoms with E-state index in [0.717, 1.165) is 60.6 Å². The Morgan fingerprint density at radius 2 is 1.89 bits per heavy atom. The Morgan fingerprint density at radius 3 is 2.58 bits per heavy atom. The van der Waals surface area contributed by atoms with Crippen LogP contribution in [0.5, 0.6) is 0 Å². The van der Waals surface area contributed by atoms with Crippen LogP contribution in [0.25, 0.3) is 0 Å². The predicted molar refractivity (Wildman–Crippen MR) is 150 cm³/mol. The number of aromatic nitrogens is 2. The molecule has 4 aliphatic carbocycles. The highest BCUT2D eigenvalue weighted by molar-refractivity contribution is 5.29. The molecule has 1 heterocycles. The van der Waals surface area contributed by atoms with Crippen molar-refractivity contribution in [2.24, 2.45) is 52.3 Å². The van der Waals surface area contributed by atoms with Crippen molar-refractivity contribution in [3.8, 4) is 0 Å². The van der Waals surface area contributed by atoms with Crippen LogP contribution in [0.1, 0.15) is 124 Å². The Morgan fingerprint density at radius 1 is 1.08 bits per heavy atom. The van der Waals surface area contributed by atoms with E-state index in [-0.39, 0.29) is 11.5 Å². The van der Waals surface area contributed by atoms with E-state index in [2.05, 4.69) is 52.6 Å². The Kier molecular flexibility index (Phi) is 7.54. The van der Waals surface area contributed by atoms with E-state index in [1.807, 2.05) is 12.4 Å². The molecule has 0 radical (unpaired) electrons. The first-order valence-corrected chi connectivity index (χ1v) is 15.6. The molecule has 3 saturated carbocycles. The number of imidazole rings is 1. The van der Waals surface area contributed by atoms with Crippen molar-refractivity contribution in [3.63, 3.8) is 0 Å². The molecule has 0 spiro atoms. The third-order valence-corrected chi connectivity index (χ3v) is 12.3. The maximum atomic E-state index is 11.0. The standard InChI is InChI=1S/C33H54N2O/c1-7-25(31-34-17-18-35-31)30-20-24(36)19-23-11-12-26-28-14-13-27(22(4)10-8-9-21(2)3)32(28,5)16-15-29(26)33(23,30)6/h11,17-18,21-22,24-30,36H,7-10,12-16,19-20H2,1-6H3,(H,34,35)/t22-,24-,25?,26+,27-,28+,29+,30?,32-,33+/m1/s1. The van der Waals surface area contributed by atoms with Gasteiger partial charge in [0, 0.05) is 18.3 Å². The van der Waals surface area contributed by atoms with Gasteiger partial charge >= 0.3 is 0 Å². The first-order chi connectivity index (χ1) is 17.2. The van der Waals surface area contributed by atoms with E-state index in [1.54, 1.807) is 5.57 Å². The van der Waals surface area contributed by atoms with Crippen molar-refractivity contribution in [1.29, 1.82) is 0 Å². The minimum Gasteiger partial charge on any atom is -0.393 e. The summed E-state index contributed by atoms with van der Waals surface area (Å²) >= 11 is 0. The second kappa shape index (κ2) is 10.2. The SMILES string of the molecule is CCC(c1ncc[nH]1)C1C[C@H](O)CC2=CC[C@H]3[C@@H]4CC[C@H]([C@H](C)CCCC(C)C)[C@@]4(C)CC[C@@H]3[C@]21C. The summed E-state index contributed by atoms with van der Waals surface area (Å²) in [6.07, 6.45) is 20.3. The van der Waals surface area contributed by atoms with Crippen molar-refractivity contribution >= 4 is 0 Å². The summed E-state index contributed by atoms with van der Waals surface area (Å²) in [6.45, 7) is 15.0. The summed E-state index contributed by atoms with van der Waals surface area (Å²) in [5.41, 5.74) is 2.30. The van der Waals surface area contributed by atoms with E-state index in [9.17, 15) is 5.11 Å². The summed E-state index contributed by atoms with van der Waals surface area (Å²) in [5, 5.41) is 11.0. The monoisotopic (exact) mass is 494 g/mol. The maximum Gasteiger partial charge on any atom is 0.109 e. The number of fused-ring (bicyclic) bond motifs is 5. The lowest BCUT2D eigenvalue weighted by molar-refractivity contribution is -0.0851. The molecule has 3 heteroatoms. The number of aliphatic hydroxyl groups excluding tert-OH is 1. The van der Waals surface area contributed by atoms with Crippen LogP contribution in [0.15, 0.2) is 24.0 Å². The van der Waals surface area contributed by atoms with Crippen molar-refractivity contribution in [2.45, 2.75) is 124 Å². The van der Waals surface area contributed by atoms with Crippen LogP contribution in [0, 0.1) is 52.3 Å². The summed E-state index contributed by atoms with van der Waals surface area (Å²) in [7, 11) is 0. The van der Waals surface area contributed by atoms with E-state index in [4.69, 9.17) is 4.98 Å². The van der Waals surface area contributed by atoms with E-state index >= 15 is 0 Å².